The van der Waals surface area contributed by atoms with Crippen molar-refractivity contribution in [2.75, 3.05) is 11.9 Å². The van der Waals surface area contributed by atoms with Gasteiger partial charge in [-0.3, -0.25) is 14.5 Å². The molecule has 0 bridgehead atoms. The number of benzene rings is 2. The lowest BCUT2D eigenvalue weighted by Crippen LogP contribution is -2.33. The zero-order chi connectivity index (χ0) is 28.3. The summed E-state index contributed by atoms with van der Waals surface area (Å²) in [5.74, 6) is -0.325. The van der Waals surface area contributed by atoms with Crippen molar-refractivity contribution in [1.29, 1.82) is 0 Å². The van der Waals surface area contributed by atoms with E-state index in [-0.39, 0.29) is 24.5 Å². The molecule has 2 aromatic carbocycles. The number of anilines is 1. The molecule has 2 amide bonds. The highest BCUT2D eigenvalue weighted by Crippen LogP contribution is 2.33. The molecule has 1 saturated carbocycles. The lowest BCUT2D eigenvalue weighted by molar-refractivity contribution is 0.0472. The Bertz CT molecular complexity index is 1730. The normalized spacial score (nSPS) is 12.6. The van der Waals surface area contributed by atoms with E-state index in [2.05, 4.69) is 15.4 Å². The van der Waals surface area contributed by atoms with Crippen LogP contribution in [-0.4, -0.2) is 45.5 Å². The van der Waals surface area contributed by atoms with E-state index < -0.39 is 5.97 Å². The van der Waals surface area contributed by atoms with E-state index in [1.807, 2.05) is 48.5 Å². The van der Waals surface area contributed by atoms with Crippen molar-refractivity contribution in [2.24, 2.45) is 0 Å². The molecule has 0 atom stereocenters. The number of pyridine rings is 2. The first-order valence-corrected chi connectivity index (χ1v) is 13.3. The van der Waals surface area contributed by atoms with Gasteiger partial charge < -0.3 is 10.1 Å². The van der Waals surface area contributed by atoms with Crippen LogP contribution in [0.2, 0.25) is 0 Å². The molecule has 1 fully saturated rings. The summed E-state index contributed by atoms with van der Waals surface area (Å²) in [6.45, 7) is 0.172. The molecule has 0 radical (unpaired) electrons. The number of hydrogen-bond donors (Lipinski definition) is 1. The number of amides is 2. The van der Waals surface area contributed by atoms with Crippen LogP contribution < -0.4 is 10.2 Å². The van der Waals surface area contributed by atoms with Crippen LogP contribution in [0.3, 0.4) is 0 Å². The van der Waals surface area contributed by atoms with Crippen LogP contribution in [0.25, 0.3) is 16.6 Å². The van der Waals surface area contributed by atoms with Crippen molar-refractivity contribution in [3.63, 3.8) is 0 Å². The Hall–Kier alpha value is -5.31. The minimum atomic E-state index is -0.473. The van der Waals surface area contributed by atoms with E-state index in [4.69, 9.17) is 4.74 Å². The molecule has 0 aliphatic heterocycles. The number of carbonyl (C=O) groups excluding carboxylic acids is 3. The predicted octanol–water partition coefficient (Wildman–Crippen LogP) is 4.92. The van der Waals surface area contributed by atoms with Gasteiger partial charge in [0.15, 0.2) is 0 Å². The van der Waals surface area contributed by atoms with E-state index in [0.717, 1.165) is 35.0 Å². The van der Waals surface area contributed by atoms with Crippen LogP contribution in [0.4, 0.5) is 5.82 Å². The summed E-state index contributed by atoms with van der Waals surface area (Å²) in [7, 11) is 1.59. The second-order valence-electron chi connectivity index (χ2n) is 9.83. The molecule has 5 aromatic rings. The van der Waals surface area contributed by atoms with Gasteiger partial charge in [0, 0.05) is 42.2 Å². The minimum absolute atomic E-state index is 0.0451. The van der Waals surface area contributed by atoms with Crippen LogP contribution in [0.15, 0.2) is 97.5 Å². The van der Waals surface area contributed by atoms with Crippen LogP contribution in [-0.2, 0) is 11.3 Å². The molecule has 6 rings (SSSR count). The lowest BCUT2D eigenvalue weighted by Gasteiger charge is -2.22. The summed E-state index contributed by atoms with van der Waals surface area (Å²) < 4.78 is 7.12. The molecule has 9 nitrogen and oxygen atoms in total. The number of hydrogen-bond acceptors (Lipinski definition) is 6. The largest absolute Gasteiger partial charge is 0.457 e. The first-order valence-electron chi connectivity index (χ1n) is 13.3. The summed E-state index contributed by atoms with van der Waals surface area (Å²) in [4.78, 5) is 44.4. The zero-order valence-electron chi connectivity index (χ0n) is 22.4. The molecule has 41 heavy (non-hydrogen) atoms. The van der Waals surface area contributed by atoms with Gasteiger partial charge in [0.1, 0.15) is 12.4 Å². The fraction of sp³-hybridized carbons (Fsp3) is 0.156. The molecule has 0 spiro atoms. The van der Waals surface area contributed by atoms with Crippen LogP contribution >= 0.6 is 0 Å². The average molecular weight is 546 g/mol. The molecule has 1 aliphatic carbocycles. The lowest BCUT2D eigenvalue weighted by atomic mass is 10.0. The highest BCUT2D eigenvalue weighted by Gasteiger charge is 2.35. The Labute approximate surface area is 236 Å². The van der Waals surface area contributed by atoms with Gasteiger partial charge in [-0.25, -0.2) is 14.3 Å². The van der Waals surface area contributed by atoms with Crippen LogP contribution in [0.1, 0.15) is 49.5 Å². The maximum absolute atomic E-state index is 13.8. The van der Waals surface area contributed by atoms with Gasteiger partial charge in [-0.05, 0) is 60.4 Å². The van der Waals surface area contributed by atoms with Gasteiger partial charge in [-0.2, -0.15) is 5.10 Å². The molecule has 3 heterocycles. The standard InChI is InChI=1S/C32H27N5O4/c1-33-30(38)23-9-7-22(8-10-23)27-19-35-36-16-15-24(17-28(27)36)31(39)37(26-12-13-26)29-14-11-25(18-34-29)32(40)41-20-21-5-3-2-4-6-21/h2-11,14-19,26H,12-13,20H2,1H3,(H,33,38). The van der Waals surface area contributed by atoms with Crippen LogP contribution in [0, 0.1) is 0 Å². The summed E-state index contributed by atoms with van der Waals surface area (Å²) in [5, 5.41) is 7.05. The Morgan fingerprint density at radius 3 is 2.37 bits per heavy atom. The molecule has 0 saturated heterocycles. The molecule has 9 heteroatoms. The number of ether oxygens (including phenoxy) is 1. The van der Waals surface area contributed by atoms with Crippen molar-refractivity contribution in [1.82, 2.24) is 19.9 Å². The summed E-state index contributed by atoms with van der Waals surface area (Å²) >= 11 is 0. The van der Waals surface area contributed by atoms with Crippen molar-refractivity contribution in [3.8, 4) is 11.1 Å². The maximum atomic E-state index is 13.8. The number of aromatic nitrogens is 3. The smallest absolute Gasteiger partial charge is 0.340 e. The molecule has 3 aromatic heterocycles. The number of rotatable bonds is 8. The topological polar surface area (TPSA) is 106 Å². The predicted molar refractivity (Wildman–Crippen MR) is 154 cm³/mol. The third kappa shape index (κ3) is 5.42. The molecule has 1 aliphatic rings. The summed E-state index contributed by atoms with van der Waals surface area (Å²) in [6, 6.07) is 23.6. The average Bonchev–Trinajstić information content (AvgIpc) is 3.77. The third-order valence-electron chi connectivity index (χ3n) is 7.03. The van der Waals surface area contributed by atoms with Gasteiger partial charge >= 0.3 is 5.97 Å². The van der Waals surface area contributed by atoms with E-state index in [0.29, 0.717) is 22.5 Å². The Morgan fingerprint density at radius 1 is 0.927 bits per heavy atom. The summed E-state index contributed by atoms with van der Waals surface area (Å²) in [5.41, 5.74) is 4.78. The quantitative estimate of drug-likeness (QED) is 0.278. The Balaban J connectivity index is 1.23. The first-order chi connectivity index (χ1) is 20.0. The van der Waals surface area contributed by atoms with Gasteiger partial charge in [0.05, 0.1) is 17.3 Å². The fourth-order valence-electron chi connectivity index (χ4n) is 4.67. The molecular weight excluding hydrogens is 518 g/mol. The highest BCUT2D eigenvalue weighted by molar-refractivity contribution is 6.07. The second-order valence-corrected chi connectivity index (χ2v) is 9.83. The molecule has 1 N–H and O–H groups in total. The van der Waals surface area contributed by atoms with Crippen LogP contribution in [0.5, 0.6) is 0 Å². The van der Waals surface area contributed by atoms with Crippen molar-refractivity contribution >= 4 is 29.1 Å². The number of fused-ring (bicyclic) bond motifs is 1. The van der Waals surface area contributed by atoms with Crippen molar-refractivity contribution in [2.45, 2.75) is 25.5 Å². The molecule has 0 unspecified atom stereocenters. The SMILES string of the molecule is CNC(=O)c1ccc(-c2cnn3ccc(C(=O)N(c4ccc(C(=O)OCc5ccccc5)cn4)C4CC4)cc23)cc1. The Kier molecular flexibility index (Phi) is 6.99. The molecular formula is C32H27N5O4. The summed E-state index contributed by atoms with van der Waals surface area (Å²) in [6.07, 6.45) is 6.72. The van der Waals surface area contributed by atoms with Gasteiger partial charge in [-0.1, -0.05) is 42.5 Å². The number of carbonyl (C=O) groups is 3. The Morgan fingerprint density at radius 2 is 1.68 bits per heavy atom. The monoisotopic (exact) mass is 545 g/mol. The van der Waals surface area contributed by atoms with E-state index in [1.165, 1.54) is 6.20 Å². The van der Waals surface area contributed by atoms with Crippen molar-refractivity contribution in [3.05, 3.63) is 120 Å². The third-order valence-corrected chi connectivity index (χ3v) is 7.03. The zero-order valence-corrected chi connectivity index (χ0v) is 22.4. The fourth-order valence-corrected chi connectivity index (χ4v) is 4.67. The van der Waals surface area contributed by atoms with Gasteiger partial charge in [0.25, 0.3) is 11.8 Å². The minimum Gasteiger partial charge on any atom is -0.457 e. The van der Waals surface area contributed by atoms with E-state index >= 15 is 0 Å². The number of nitrogens with one attached hydrogen (secondary N) is 1. The number of esters is 1. The van der Waals surface area contributed by atoms with E-state index in [1.54, 1.807) is 59.2 Å². The van der Waals surface area contributed by atoms with Crippen molar-refractivity contribution < 1.29 is 19.1 Å². The van der Waals surface area contributed by atoms with E-state index in [9.17, 15) is 14.4 Å². The first kappa shape index (κ1) is 25.9. The van der Waals surface area contributed by atoms with Gasteiger partial charge in [-0.15, -0.1) is 0 Å². The molecule has 204 valence electrons. The number of nitrogens with zero attached hydrogens (tertiary/aromatic N) is 4. The maximum Gasteiger partial charge on any atom is 0.340 e. The second kappa shape index (κ2) is 11.1. The van der Waals surface area contributed by atoms with Gasteiger partial charge in [0.2, 0.25) is 0 Å². The highest BCUT2D eigenvalue weighted by atomic mass is 16.5.